The van der Waals surface area contributed by atoms with Crippen molar-refractivity contribution in [2.45, 2.75) is 25.3 Å². The van der Waals surface area contributed by atoms with Gasteiger partial charge in [0, 0.05) is 37.5 Å². The van der Waals surface area contributed by atoms with Gasteiger partial charge in [0.1, 0.15) is 0 Å². The molecule has 1 unspecified atom stereocenters. The van der Waals surface area contributed by atoms with Gasteiger partial charge < -0.3 is 5.32 Å². The third kappa shape index (κ3) is 2.10. The Labute approximate surface area is 91.8 Å². The highest BCUT2D eigenvalue weighted by Crippen LogP contribution is 2.43. The van der Waals surface area contributed by atoms with Gasteiger partial charge in [-0.3, -0.25) is 4.90 Å². The van der Waals surface area contributed by atoms with Crippen LogP contribution in [0.2, 0.25) is 0 Å². The molecule has 0 amide bonds. The lowest BCUT2D eigenvalue weighted by Crippen LogP contribution is -2.61. The number of hydrogen-bond donors (Lipinski definition) is 1. The van der Waals surface area contributed by atoms with Crippen LogP contribution in [0.15, 0.2) is 0 Å². The number of piperazine rings is 1. The summed E-state index contributed by atoms with van der Waals surface area (Å²) in [5, 5.41) is 3.55. The lowest BCUT2D eigenvalue weighted by molar-refractivity contribution is 0.0626. The van der Waals surface area contributed by atoms with E-state index in [1.54, 1.807) is 0 Å². The van der Waals surface area contributed by atoms with Gasteiger partial charge in [-0.25, -0.2) is 0 Å². The van der Waals surface area contributed by atoms with Crippen LogP contribution in [0.4, 0.5) is 0 Å². The Bertz CT molecular complexity index is 194. The van der Waals surface area contributed by atoms with E-state index < -0.39 is 0 Å². The molecule has 0 aromatic carbocycles. The van der Waals surface area contributed by atoms with E-state index in [0.29, 0.717) is 5.54 Å². The molecule has 1 saturated carbocycles. The van der Waals surface area contributed by atoms with Crippen LogP contribution >= 0.6 is 11.8 Å². The van der Waals surface area contributed by atoms with Crippen molar-refractivity contribution < 1.29 is 0 Å². The first kappa shape index (κ1) is 10.8. The van der Waals surface area contributed by atoms with Crippen molar-refractivity contribution in [3.63, 3.8) is 0 Å². The minimum atomic E-state index is 0.466. The molecule has 2 nitrogen and oxygen atoms in total. The molecule has 0 bridgehead atoms. The SMILES string of the molecule is CSCCN1CCNCC1(C)C1CC1. The largest absolute Gasteiger partial charge is 0.314 e. The first-order chi connectivity index (χ1) is 6.77. The van der Waals surface area contributed by atoms with Crippen LogP contribution in [0, 0.1) is 5.92 Å². The fraction of sp³-hybridized carbons (Fsp3) is 1.00. The first-order valence-electron chi connectivity index (χ1n) is 5.72. The monoisotopic (exact) mass is 214 g/mol. The van der Waals surface area contributed by atoms with Gasteiger partial charge in [-0.2, -0.15) is 11.8 Å². The molecule has 2 rings (SSSR count). The van der Waals surface area contributed by atoms with Gasteiger partial charge >= 0.3 is 0 Å². The molecule has 1 saturated heterocycles. The Morgan fingerprint density at radius 2 is 2.29 bits per heavy atom. The summed E-state index contributed by atoms with van der Waals surface area (Å²) in [6.07, 6.45) is 5.11. The number of thioether (sulfide) groups is 1. The molecule has 2 fully saturated rings. The highest BCUT2D eigenvalue weighted by Gasteiger charge is 2.46. The average molecular weight is 214 g/mol. The zero-order chi connectivity index (χ0) is 10.0. The lowest BCUT2D eigenvalue weighted by Gasteiger charge is -2.46. The topological polar surface area (TPSA) is 15.3 Å². The normalized spacial score (nSPS) is 34.7. The molecule has 0 radical (unpaired) electrons. The van der Waals surface area contributed by atoms with Crippen LogP contribution in [0.25, 0.3) is 0 Å². The molecule has 1 aliphatic carbocycles. The predicted molar refractivity (Wildman–Crippen MR) is 64.0 cm³/mol. The van der Waals surface area contributed by atoms with Crippen LogP contribution in [0.3, 0.4) is 0 Å². The molecule has 0 aromatic rings. The van der Waals surface area contributed by atoms with E-state index in [4.69, 9.17) is 0 Å². The summed E-state index contributed by atoms with van der Waals surface area (Å²) >= 11 is 1.97. The van der Waals surface area contributed by atoms with Crippen molar-refractivity contribution in [3.8, 4) is 0 Å². The van der Waals surface area contributed by atoms with Crippen molar-refractivity contribution in [1.29, 1.82) is 0 Å². The molecule has 2 aliphatic rings. The number of nitrogens with zero attached hydrogens (tertiary/aromatic N) is 1. The Morgan fingerprint density at radius 1 is 1.50 bits per heavy atom. The third-order valence-corrected chi connectivity index (χ3v) is 4.38. The zero-order valence-electron chi connectivity index (χ0n) is 9.38. The van der Waals surface area contributed by atoms with Gasteiger partial charge in [0.2, 0.25) is 0 Å². The summed E-state index contributed by atoms with van der Waals surface area (Å²) in [7, 11) is 0. The summed E-state index contributed by atoms with van der Waals surface area (Å²) in [5.74, 6) is 2.25. The summed E-state index contributed by atoms with van der Waals surface area (Å²) in [4.78, 5) is 2.72. The maximum absolute atomic E-state index is 3.55. The van der Waals surface area contributed by atoms with Crippen molar-refractivity contribution in [1.82, 2.24) is 10.2 Å². The van der Waals surface area contributed by atoms with E-state index in [9.17, 15) is 0 Å². The van der Waals surface area contributed by atoms with E-state index in [-0.39, 0.29) is 0 Å². The molecule has 1 N–H and O–H groups in total. The average Bonchev–Trinajstić information content (AvgIpc) is 3.00. The number of hydrogen-bond acceptors (Lipinski definition) is 3. The van der Waals surface area contributed by atoms with Gasteiger partial charge in [0.25, 0.3) is 0 Å². The van der Waals surface area contributed by atoms with Crippen molar-refractivity contribution >= 4 is 11.8 Å². The summed E-state index contributed by atoms with van der Waals surface area (Å²) < 4.78 is 0. The van der Waals surface area contributed by atoms with Gasteiger partial charge in [0.05, 0.1) is 0 Å². The fourth-order valence-electron chi connectivity index (χ4n) is 2.60. The molecule has 0 aromatic heterocycles. The van der Waals surface area contributed by atoms with Crippen molar-refractivity contribution in [3.05, 3.63) is 0 Å². The molecule has 82 valence electrons. The molecule has 3 heteroatoms. The highest BCUT2D eigenvalue weighted by molar-refractivity contribution is 7.98. The quantitative estimate of drug-likeness (QED) is 0.762. The second kappa shape index (κ2) is 4.42. The summed E-state index contributed by atoms with van der Waals surface area (Å²) in [5.41, 5.74) is 0.466. The third-order valence-electron chi connectivity index (χ3n) is 3.79. The molecular weight excluding hydrogens is 192 g/mol. The minimum absolute atomic E-state index is 0.466. The summed E-state index contributed by atoms with van der Waals surface area (Å²) in [6.45, 7) is 7.35. The molecule has 0 spiro atoms. The van der Waals surface area contributed by atoms with E-state index in [2.05, 4.69) is 23.4 Å². The van der Waals surface area contributed by atoms with Gasteiger partial charge in [-0.05, 0) is 31.9 Å². The van der Waals surface area contributed by atoms with Gasteiger partial charge in [-0.1, -0.05) is 0 Å². The Hall–Kier alpha value is 0.270. The lowest BCUT2D eigenvalue weighted by atomic mass is 9.91. The minimum Gasteiger partial charge on any atom is -0.314 e. The standard InChI is InChI=1S/C11H22N2S/c1-11(10-3-4-10)9-12-5-6-13(11)7-8-14-2/h10,12H,3-9H2,1-2H3. The summed E-state index contributed by atoms with van der Waals surface area (Å²) in [6, 6.07) is 0. The van der Waals surface area contributed by atoms with Crippen LogP contribution in [0.1, 0.15) is 19.8 Å². The van der Waals surface area contributed by atoms with Gasteiger partial charge in [0.15, 0.2) is 0 Å². The Kier molecular flexibility index (Phi) is 3.40. The number of rotatable bonds is 4. The molecule has 1 atom stereocenters. The Balaban J connectivity index is 1.95. The molecule has 1 heterocycles. The second-order valence-electron chi connectivity index (χ2n) is 4.79. The number of nitrogens with one attached hydrogen (secondary N) is 1. The maximum atomic E-state index is 3.55. The molecular formula is C11H22N2S. The van der Waals surface area contributed by atoms with E-state index >= 15 is 0 Å². The molecule has 1 aliphatic heterocycles. The second-order valence-corrected chi connectivity index (χ2v) is 5.77. The highest BCUT2D eigenvalue weighted by atomic mass is 32.2. The zero-order valence-corrected chi connectivity index (χ0v) is 10.2. The van der Waals surface area contributed by atoms with Crippen LogP contribution < -0.4 is 5.32 Å². The fourth-order valence-corrected chi connectivity index (χ4v) is 3.00. The van der Waals surface area contributed by atoms with Crippen molar-refractivity contribution in [2.75, 3.05) is 38.2 Å². The maximum Gasteiger partial charge on any atom is 0.0334 e. The predicted octanol–water partition coefficient (Wildman–Crippen LogP) is 1.42. The van der Waals surface area contributed by atoms with Crippen molar-refractivity contribution in [2.24, 2.45) is 5.92 Å². The van der Waals surface area contributed by atoms with Crippen LogP contribution in [-0.4, -0.2) is 48.6 Å². The molecule has 14 heavy (non-hydrogen) atoms. The van der Waals surface area contributed by atoms with E-state index in [1.807, 2.05) is 11.8 Å². The van der Waals surface area contributed by atoms with Crippen LogP contribution in [0.5, 0.6) is 0 Å². The Morgan fingerprint density at radius 3 is 2.93 bits per heavy atom. The van der Waals surface area contributed by atoms with E-state index in [1.165, 1.54) is 44.8 Å². The van der Waals surface area contributed by atoms with Gasteiger partial charge in [-0.15, -0.1) is 0 Å². The first-order valence-corrected chi connectivity index (χ1v) is 7.11. The van der Waals surface area contributed by atoms with E-state index in [0.717, 1.165) is 5.92 Å². The van der Waals surface area contributed by atoms with Crippen LogP contribution in [-0.2, 0) is 0 Å². The smallest absolute Gasteiger partial charge is 0.0334 e.